The SMILES string of the molecule is CCc1ncc([C@@]23CCCC[C@]2(CC)N(C)CC3)cc1OC. The number of nitrogens with zero attached hydrogens (tertiary/aromatic N) is 2. The number of hydrogen-bond donors (Lipinski definition) is 0. The molecule has 122 valence electrons. The highest BCUT2D eigenvalue weighted by molar-refractivity contribution is 5.40. The molecule has 3 rings (SSSR count). The van der Waals surface area contributed by atoms with E-state index in [0.29, 0.717) is 5.54 Å². The molecular weight excluding hydrogens is 272 g/mol. The Morgan fingerprint density at radius 1 is 1.23 bits per heavy atom. The topological polar surface area (TPSA) is 25.4 Å². The molecule has 0 spiro atoms. The van der Waals surface area contributed by atoms with E-state index in [2.05, 4.69) is 38.1 Å². The molecular formula is C19H30N2O. The minimum absolute atomic E-state index is 0.265. The molecule has 0 N–H and O–H groups in total. The Morgan fingerprint density at radius 3 is 2.68 bits per heavy atom. The highest BCUT2D eigenvalue weighted by atomic mass is 16.5. The summed E-state index contributed by atoms with van der Waals surface area (Å²) >= 11 is 0. The van der Waals surface area contributed by atoms with E-state index in [4.69, 9.17) is 9.72 Å². The second-order valence-corrected chi connectivity index (χ2v) is 7.07. The Bertz CT molecular complexity index is 540. The van der Waals surface area contributed by atoms with Gasteiger partial charge in [-0.2, -0.15) is 0 Å². The van der Waals surface area contributed by atoms with Crippen molar-refractivity contribution in [2.45, 2.75) is 69.7 Å². The lowest BCUT2D eigenvalue weighted by Gasteiger charge is -2.52. The molecule has 22 heavy (non-hydrogen) atoms. The van der Waals surface area contributed by atoms with Crippen LogP contribution in [0.25, 0.3) is 0 Å². The van der Waals surface area contributed by atoms with Crippen molar-refractivity contribution in [1.29, 1.82) is 0 Å². The second kappa shape index (κ2) is 5.84. The van der Waals surface area contributed by atoms with Crippen LogP contribution >= 0.6 is 0 Å². The molecule has 2 fully saturated rings. The number of aryl methyl sites for hydroxylation is 1. The van der Waals surface area contributed by atoms with Crippen LogP contribution in [0.2, 0.25) is 0 Å². The Kier molecular flexibility index (Phi) is 4.19. The normalized spacial score (nSPS) is 32.0. The van der Waals surface area contributed by atoms with Crippen LogP contribution in [-0.2, 0) is 11.8 Å². The number of aromatic nitrogens is 1. The fourth-order valence-corrected chi connectivity index (χ4v) is 5.32. The number of rotatable bonds is 4. The van der Waals surface area contributed by atoms with Crippen molar-refractivity contribution in [3.05, 3.63) is 23.5 Å². The summed E-state index contributed by atoms with van der Waals surface area (Å²) in [6.45, 7) is 5.71. The maximum absolute atomic E-state index is 5.63. The first-order valence-corrected chi connectivity index (χ1v) is 8.88. The van der Waals surface area contributed by atoms with Crippen molar-refractivity contribution in [3.8, 4) is 5.75 Å². The van der Waals surface area contributed by atoms with Gasteiger partial charge in [-0.25, -0.2) is 0 Å². The summed E-state index contributed by atoms with van der Waals surface area (Å²) < 4.78 is 5.63. The maximum Gasteiger partial charge on any atom is 0.140 e. The van der Waals surface area contributed by atoms with Crippen molar-refractivity contribution < 1.29 is 4.74 Å². The summed E-state index contributed by atoms with van der Waals surface area (Å²) in [6.07, 6.45) is 10.9. The van der Waals surface area contributed by atoms with E-state index in [1.54, 1.807) is 7.11 Å². The zero-order chi connectivity index (χ0) is 15.8. The standard InChI is InChI=1S/C19H30N2O/c1-5-16-17(22-4)13-15(14-20-16)18-9-7-8-10-19(18,6-2)21(3)12-11-18/h13-14H,5-12H2,1-4H3/t18-,19-/m0/s1. The van der Waals surface area contributed by atoms with Gasteiger partial charge in [0.25, 0.3) is 0 Å². The molecule has 3 heteroatoms. The zero-order valence-electron chi connectivity index (χ0n) is 14.6. The predicted molar refractivity (Wildman–Crippen MR) is 90.6 cm³/mol. The minimum atomic E-state index is 0.265. The monoisotopic (exact) mass is 302 g/mol. The van der Waals surface area contributed by atoms with E-state index in [1.807, 2.05) is 0 Å². The molecule has 1 aromatic rings. The first-order valence-electron chi connectivity index (χ1n) is 8.88. The van der Waals surface area contributed by atoms with Crippen LogP contribution in [0.1, 0.15) is 63.6 Å². The Balaban J connectivity index is 2.11. The third-order valence-electron chi connectivity index (χ3n) is 6.56. The largest absolute Gasteiger partial charge is 0.495 e. The quantitative estimate of drug-likeness (QED) is 0.842. The lowest BCUT2D eigenvalue weighted by atomic mass is 9.57. The van der Waals surface area contributed by atoms with Gasteiger partial charge in [0.2, 0.25) is 0 Å². The fourth-order valence-electron chi connectivity index (χ4n) is 5.32. The predicted octanol–water partition coefficient (Wildman–Crippen LogP) is 3.95. The number of fused-ring (bicyclic) bond motifs is 1. The van der Waals surface area contributed by atoms with Gasteiger partial charge in [-0.05, 0) is 57.3 Å². The first-order chi connectivity index (χ1) is 10.6. The summed E-state index contributed by atoms with van der Waals surface area (Å²) in [4.78, 5) is 7.38. The molecule has 1 aliphatic heterocycles. The van der Waals surface area contributed by atoms with E-state index in [9.17, 15) is 0 Å². The first kappa shape index (κ1) is 15.8. The number of ether oxygens (including phenoxy) is 1. The molecule has 2 heterocycles. The minimum Gasteiger partial charge on any atom is -0.495 e. The highest BCUT2D eigenvalue weighted by Crippen LogP contribution is 2.57. The summed E-state index contributed by atoms with van der Waals surface area (Å²) in [7, 11) is 4.09. The molecule has 0 bridgehead atoms. The summed E-state index contributed by atoms with van der Waals surface area (Å²) in [6, 6.07) is 2.29. The molecule has 2 aliphatic rings. The van der Waals surface area contributed by atoms with Crippen molar-refractivity contribution in [2.75, 3.05) is 20.7 Å². The van der Waals surface area contributed by atoms with E-state index in [-0.39, 0.29) is 5.41 Å². The molecule has 1 aromatic heterocycles. The lowest BCUT2D eigenvalue weighted by Crippen LogP contribution is -2.56. The van der Waals surface area contributed by atoms with Gasteiger partial charge in [-0.1, -0.05) is 26.7 Å². The average Bonchev–Trinajstić information content (AvgIpc) is 2.89. The van der Waals surface area contributed by atoms with Gasteiger partial charge in [0.1, 0.15) is 5.75 Å². The number of hydrogen-bond acceptors (Lipinski definition) is 3. The van der Waals surface area contributed by atoms with E-state index in [1.165, 1.54) is 50.6 Å². The summed E-state index contributed by atoms with van der Waals surface area (Å²) in [5.41, 5.74) is 3.06. The molecule has 0 amide bonds. The van der Waals surface area contributed by atoms with Crippen LogP contribution in [0.4, 0.5) is 0 Å². The maximum atomic E-state index is 5.63. The molecule has 1 aliphatic carbocycles. The lowest BCUT2D eigenvalue weighted by molar-refractivity contribution is 0.0541. The number of pyridine rings is 1. The van der Waals surface area contributed by atoms with Gasteiger partial charge in [0.05, 0.1) is 12.8 Å². The van der Waals surface area contributed by atoms with Gasteiger partial charge in [-0.3, -0.25) is 9.88 Å². The van der Waals surface area contributed by atoms with Gasteiger partial charge < -0.3 is 4.74 Å². The fraction of sp³-hybridized carbons (Fsp3) is 0.737. The van der Waals surface area contributed by atoms with Crippen LogP contribution in [0.5, 0.6) is 5.75 Å². The van der Waals surface area contributed by atoms with Crippen LogP contribution in [0.15, 0.2) is 12.3 Å². The average molecular weight is 302 g/mol. The molecule has 3 nitrogen and oxygen atoms in total. The van der Waals surface area contributed by atoms with Crippen molar-refractivity contribution >= 4 is 0 Å². The van der Waals surface area contributed by atoms with Crippen LogP contribution in [0.3, 0.4) is 0 Å². The van der Waals surface area contributed by atoms with Gasteiger partial charge in [0.15, 0.2) is 0 Å². The number of likely N-dealkylation sites (tertiary alicyclic amines) is 1. The van der Waals surface area contributed by atoms with E-state index in [0.717, 1.165) is 17.9 Å². The second-order valence-electron chi connectivity index (χ2n) is 7.07. The molecule has 2 atom stereocenters. The number of methoxy groups -OCH3 is 1. The zero-order valence-corrected chi connectivity index (χ0v) is 14.6. The van der Waals surface area contributed by atoms with Gasteiger partial charge in [0, 0.05) is 17.2 Å². The third-order valence-corrected chi connectivity index (χ3v) is 6.56. The molecule has 1 saturated carbocycles. The van der Waals surface area contributed by atoms with Crippen LogP contribution < -0.4 is 4.74 Å². The smallest absolute Gasteiger partial charge is 0.140 e. The molecule has 0 radical (unpaired) electrons. The van der Waals surface area contributed by atoms with E-state index >= 15 is 0 Å². The molecule has 0 unspecified atom stereocenters. The highest BCUT2D eigenvalue weighted by Gasteiger charge is 2.58. The number of likely N-dealkylation sites (N-methyl/N-ethyl adjacent to an activating group) is 1. The third kappa shape index (κ3) is 2.01. The van der Waals surface area contributed by atoms with Crippen molar-refractivity contribution in [2.24, 2.45) is 0 Å². The van der Waals surface area contributed by atoms with Crippen LogP contribution in [-0.4, -0.2) is 36.1 Å². The Labute approximate surface area is 135 Å². The summed E-state index contributed by atoms with van der Waals surface area (Å²) in [5, 5.41) is 0. The van der Waals surface area contributed by atoms with Crippen LogP contribution in [0, 0.1) is 0 Å². The van der Waals surface area contributed by atoms with Crippen molar-refractivity contribution in [1.82, 2.24) is 9.88 Å². The summed E-state index contributed by atoms with van der Waals surface area (Å²) in [5.74, 6) is 0.972. The van der Waals surface area contributed by atoms with Crippen molar-refractivity contribution in [3.63, 3.8) is 0 Å². The molecule has 0 aromatic carbocycles. The molecule has 1 saturated heterocycles. The van der Waals surface area contributed by atoms with Gasteiger partial charge in [-0.15, -0.1) is 0 Å². The van der Waals surface area contributed by atoms with E-state index < -0.39 is 0 Å². The Hall–Kier alpha value is -1.09. The van der Waals surface area contributed by atoms with Gasteiger partial charge >= 0.3 is 0 Å². The Morgan fingerprint density at radius 2 is 2.00 bits per heavy atom.